The number of nitrogens with zero attached hydrogens (tertiary/aromatic N) is 4. The minimum Gasteiger partial charge on any atom is -0.472 e. The number of ether oxygens (including phenoxy) is 4. The lowest BCUT2D eigenvalue weighted by Gasteiger charge is -2.31. The molecule has 2 fully saturated rings. The number of esters is 1. The molecule has 1 aromatic heterocycles. The minimum atomic E-state index is -0.174. The van der Waals surface area contributed by atoms with Crippen molar-refractivity contribution >= 4 is 5.97 Å². The Hall–Kier alpha value is -1.97. The van der Waals surface area contributed by atoms with Gasteiger partial charge in [0.05, 0.1) is 26.4 Å². The molecule has 156 valence electrons. The Balaban J connectivity index is 1.42. The van der Waals surface area contributed by atoms with Crippen LogP contribution in [0.15, 0.2) is 12.4 Å². The maximum Gasteiger partial charge on any atom is 0.320 e. The van der Waals surface area contributed by atoms with Crippen LogP contribution < -0.4 is 9.47 Å². The van der Waals surface area contributed by atoms with Crippen LogP contribution in [0.1, 0.15) is 19.8 Å². The van der Waals surface area contributed by atoms with E-state index in [9.17, 15) is 4.79 Å². The topological polar surface area (TPSA) is 86.2 Å². The smallest absolute Gasteiger partial charge is 0.320 e. The van der Waals surface area contributed by atoms with E-state index in [1.807, 2.05) is 6.92 Å². The molecule has 3 rings (SSSR count). The van der Waals surface area contributed by atoms with Gasteiger partial charge in [-0.05, 0) is 19.8 Å². The zero-order valence-corrected chi connectivity index (χ0v) is 16.5. The number of carbonyl (C=O) groups excluding carboxylic acids is 1. The van der Waals surface area contributed by atoms with Crippen molar-refractivity contribution in [3.05, 3.63) is 12.4 Å². The Bertz CT molecular complexity index is 604. The Kier molecular flexibility index (Phi) is 8.25. The summed E-state index contributed by atoms with van der Waals surface area (Å²) in [5.74, 6) is 0.699. The molecule has 0 aromatic carbocycles. The summed E-state index contributed by atoms with van der Waals surface area (Å²) < 4.78 is 22.2. The molecule has 0 radical (unpaired) electrons. The standard InChI is InChI=1S/C19H30N4O5/c1-2-26-17(24)15-23-7-3-16(4-8-23)28-19-18(20-5-6-21-19)27-14-11-22-9-12-25-13-10-22/h5-6,16H,2-4,7-15H2,1H3. The summed E-state index contributed by atoms with van der Waals surface area (Å²) in [5, 5.41) is 0. The van der Waals surface area contributed by atoms with Crippen LogP contribution >= 0.6 is 0 Å². The Morgan fingerprint density at radius 3 is 2.54 bits per heavy atom. The second-order valence-electron chi connectivity index (χ2n) is 6.87. The fourth-order valence-corrected chi connectivity index (χ4v) is 3.32. The summed E-state index contributed by atoms with van der Waals surface area (Å²) in [4.78, 5) is 24.6. The number of hydrogen-bond acceptors (Lipinski definition) is 9. The quantitative estimate of drug-likeness (QED) is 0.559. The van der Waals surface area contributed by atoms with Gasteiger partial charge in [-0.25, -0.2) is 9.97 Å². The molecule has 2 aliphatic heterocycles. The van der Waals surface area contributed by atoms with Crippen molar-refractivity contribution in [3.63, 3.8) is 0 Å². The first-order chi connectivity index (χ1) is 13.7. The first-order valence-electron chi connectivity index (χ1n) is 10.0. The van der Waals surface area contributed by atoms with Gasteiger partial charge in [-0.2, -0.15) is 0 Å². The Morgan fingerprint density at radius 1 is 1.11 bits per heavy atom. The molecular formula is C19H30N4O5. The van der Waals surface area contributed by atoms with Gasteiger partial charge in [0.15, 0.2) is 0 Å². The highest BCUT2D eigenvalue weighted by Crippen LogP contribution is 2.24. The van der Waals surface area contributed by atoms with Crippen molar-refractivity contribution in [2.45, 2.75) is 25.9 Å². The van der Waals surface area contributed by atoms with Crippen LogP contribution in [-0.2, 0) is 14.3 Å². The molecule has 3 heterocycles. The van der Waals surface area contributed by atoms with Crippen molar-refractivity contribution < 1.29 is 23.7 Å². The van der Waals surface area contributed by atoms with Gasteiger partial charge in [-0.1, -0.05) is 0 Å². The van der Waals surface area contributed by atoms with Crippen LogP contribution in [0.3, 0.4) is 0 Å². The molecule has 2 aliphatic rings. The van der Waals surface area contributed by atoms with Gasteiger partial charge in [0, 0.05) is 45.1 Å². The van der Waals surface area contributed by atoms with Crippen LogP contribution in [-0.4, -0.2) is 97.5 Å². The van der Waals surface area contributed by atoms with E-state index in [0.717, 1.165) is 58.8 Å². The molecule has 0 spiro atoms. The first kappa shape index (κ1) is 20.8. The SMILES string of the molecule is CCOC(=O)CN1CCC(Oc2nccnc2OCCN2CCOCC2)CC1. The van der Waals surface area contributed by atoms with Crippen LogP contribution in [0.25, 0.3) is 0 Å². The molecule has 0 unspecified atom stereocenters. The zero-order valence-electron chi connectivity index (χ0n) is 16.5. The zero-order chi connectivity index (χ0) is 19.6. The average molecular weight is 394 g/mol. The molecule has 28 heavy (non-hydrogen) atoms. The number of hydrogen-bond donors (Lipinski definition) is 0. The van der Waals surface area contributed by atoms with Gasteiger partial charge in [0.1, 0.15) is 12.7 Å². The number of likely N-dealkylation sites (tertiary alicyclic amines) is 1. The Morgan fingerprint density at radius 2 is 1.82 bits per heavy atom. The second-order valence-corrected chi connectivity index (χ2v) is 6.87. The molecule has 0 aliphatic carbocycles. The highest BCUT2D eigenvalue weighted by atomic mass is 16.5. The molecule has 1 aromatic rings. The lowest BCUT2D eigenvalue weighted by molar-refractivity contribution is -0.144. The van der Waals surface area contributed by atoms with E-state index in [-0.39, 0.29) is 12.1 Å². The number of morpholine rings is 1. The third kappa shape index (κ3) is 6.57. The van der Waals surface area contributed by atoms with Crippen molar-refractivity contribution in [1.29, 1.82) is 0 Å². The van der Waals surface area contributed by atoms with Crippen LogP contribution in [0.2, 0.25) is 0 Å². The third-order valence-corrected chi connectivity index (χ3v) is 4.85. The lowest BCUT2D eigenvalue weighted by atomic mass is 10.1. The number of rotatable bonds is 9. The second kappa shape index (κ2) is 11.1. The van der Waals surface area contributed by atoms with E-state index < -0.39 is 0 Å². The molecule has 0 N–H and O–H groups in total. The molecule has 9 heteroatoms. The number of piperidine rings is 1. The summed E-state index contributed by atoms with van der Waals surface area (Å²) in [5.41, 5.74) is 0. The minimum absolute atomic E-state index is 0.0386. The molecule has 2 saturated heterocycles. The van der Waals surface area contributed by atoms with Crippen molar-refractivity contribution in [2.75, 3.05) is 65.7 Å². The number of aromatic nitrogens is 2. The predicted molar refractivity (Wildman–Crippen MR) is 102 cm³/mol. The van der Waals surface area contributed by atoms with Gasteiger partial charge in [0.2, 0.25) is 0 Å². The molecule has 9 nitrogen and oxygen atoms in total. The van der Waals surface area contributed by atoms with Gasteiger partial charge in [0.25, 0.3) is 11.8 Å². The highest BCUT2D eigenvalue weighted by Gasteiger charge is 2.24. The third-order valence-electron chi connectivity index (χ3n) is 4.85. The summed E-state index contributed by atoms with van der Waals surface area (Å²) in [7, 11) is 0. The van der Waals surface area contributed by atoms with Gasteiger partial charge in [-0.15, -0.1) is 0 Å². The van der Waals surface area contributed by atoms with Gasteiger partial charge < -0.3 is 18.9 Å². The summed E-state index contributed by atoms with van der Waals surface area (Å²) in [6.45, 7) is 8.91. The van der Waals surface area contributed by atoms with E-state index in [1.165, 1.54) is 0 Å². The normalized spacial score (nSPS) is 19.3. The fraction of sp³-hybridized carbons (Fsp3) is 0.737. The van der Waals surface area contributed by atoms with Crippen LogP contribution in [0, 0.1) is 0 Å². The van der Waals surface area contributed by atoms with E-state index in [0.29, 0.717) is 31.5 Å². The highest BCUT2D eigenvalue weighted by molar-refractivity contribution is 5.71. The Labute approximate surface area is 165 Å². The summed E-state index contributed by atoms with van der Waals surface area (Å²) in [6.07, 6.45) is 4.91. The van der Waals surface area contributed by atoms with Gasteiger partial charge in [-0.3, -0.25) is 14.6 Å². The maximum atomic E-state index is 11.6. The van der Waals surface area contributed by atoms with Crippen molar-refractivity contribution in [3.8, 4) is 11.8 Å². The fourth-order valence-electron chi connectivity index (χ4n) is 3.32. The average Bonchev–Trinajstić information content (AvgIpc) is 2.72. The predicted octanol–water partition coefficient (Wildman–Crippen LogP) is 0.594. The van der Waals surface area contributed by atoms with E-state index >= 15 is 0 Å². The largest absolute Gasteiger partial charge is 0.472 e. The molecule has 0 atom stereocenters. The molecule has 0 saturated carbocycles. The summed E-state index contributed by atoms with van der Waals surface area (Å²) in [6, 6.07) is 0. The first-order valence-corrected chi connectivity index (χ1v) is 10.0. The molecule has 0 bridgehead atoms. The van der Waals surface area contributed by atoms with Gasteiger partial charge >= 0.3 is 5.97 Å². The van der Waals surface area contributed by atoms with Crippen molar-refractivity contribution in [2.24, 2.45) is 0 Å². The molecular weight excluding hydrogens is 364 g/mol. The number of carbonyl (C=O) groups is 1. The van der Waals surface area contributed by atoms with E-state index in [2.05, 4.69) is 19.8 Å². The van der Waals surface area contributed by atoms with Crippen LogP contribution in [0.5, 0.6) is 11.8 Å². The van der Waals surface area contributed by atoms with Crippen molar-refractivity contribution in [1.82, 2.24) is 19.8 Å². The summed E-state index contributed by atoms with van der Waals surface area (Å²) >= 11 is 0. The maximum absolute atomic E-state index is 11.6. The van der Waals surface area contributed by atoms with Crippen LogP contribution in [0.4, 0.5) is 0 Å². The molecule has 0 amide bonds. The monoisotopic (exact) mass is 394 g/mol. The lowest BCUT2D eigenvalue weighted by Crippen LogP contribution is -2.41. The van der Waals surface area contributed by atoms with E-state index in [4.69, 9.17) is 18.9 Å². The van der Waals surface area contributed by atoms with E-state index in [1.54, 1.807) is 12.4 Å².